The van der Waals surface area contributed by atoms with Gasteiger partial charge in [-0.1, -0.05) is 44.2 Å². The predicted octanol–water partition coefficient (Wildman–Crippen LogP) is 3.93. The molecule has 4 rings (SSSR count). The Balaban J connectivity index is 1.87. The van der Waals surface area contributed by atoms with Crippen LogP contribution in [-0.2, 0) is 0 Å². The Kier molecular flexibility index (Phi) is 3.19. The first-order valence-corrected chi connectivity index (χ1v) is 7.67. The molecule has 0 fully saturated rings. The number of hydrogen-bond acceptors (Lipinski definition) is 3. The zero-order chi connectivity index (χ0) is 15.8. The molecule has 0 aliphatic carbocycles. The van der Waals surface area contributed by atoms with Gasteiger partial charge in [0.15, 0.2) is 5.65 Å². The number of H-pyrrole nitrogens is 1. The lowest BCUT2D eigenvalue weighted by Gasteiger charge is -2.07. The van der Waals surface area contributed by atoms with Crippen LogP contribution in [0.3, 0.4) is 0 Å². The third kappa shape index (κ3) is 2.30. The molecule has 0 bridgehead atoms. The van der Waals surface area contributed by atoms with Gasteiger partial charge in [0.05, 0.1) is 23.1 Å². The van der Waals surface area contributed by atoms with Crippen LogP contribution in [0.5, 0.6) is 0 Å². The molecular weight excluding hydrogens is 286 g/mol. The van der Waals surface area contributed by atoms with Crippen LogP contribution in [0, 0.1) is 0 Å². The van der Waals surface area contributed by atoms with E-state index >= 15 is 0 Å². The molecule has 5 heteroatoms. The van der Waals surface area contributed by atoms with Gasteiger partial charge in [0.2, 0.25) is 0 Å². The summed E-state index contributed by atoms with van der Waals surface area (Å²) in [6, 6.07) is 12.2. The van der Waals surface area contributed by atoms with Crippen molar-refractivity contribution in [3.05, 3.63) is 60.8 Å². The van der Waals surface area contributed by atoms with Gasteiger partial charge in [0.1, 0.15) is 0 Å². The quantitative estimate of drug-likeness (QED) is 0.623. The first-order chi connectivity index (χ1) is 11.2. The minimum absolute atomic E-state index is 0.347. The van der Waals surface area contributed by atoms with Crippen molar-refractivity contribution in [2.45, 2.75) is 19.8 Å². The third-order valence-electron chi connectivity index (χ3n) is 3.97. The van der Waals surface area contributed by atoms with Gasteiger partial charge in [-0.15, -0.1) is 0 Å². The second-order valence-corrected chi connectivity index (χ2v) is 5.85. The van der Waals surface area contributed by atoms with Crippen LogP contribution >= 0.6 is 0 Å². The third-order valence-corrected chi connectivity index (χ3v) is 3.97. The number of benzene rings is 1. The number of nitrogens with one attached hydrogen (secondary N) is 1. The molecule has 0 aliphatic heterocycles. The molecule has 1 aromatic carbocycles. The second kappa shape index (κ2) is 5.35. The number of nitrogens with zero attached hydrogens (tertiary/aromatic N) is 4. The van der Waals surface area contributed by atoms with Crippen LogP contribution in [-0.4, -0.2) is 24.7 Å². The summed E-state index contributed by atoms with van der Waals surface area (Å²) in [4.78, 5) is 8.90. The van der Waals surface area contributed by atoms with Gasteiger partial charge in [-0.3, -0.25) is 5.10 Å². The van der Waals surface area contributed by atoms with Crippen molar-refractivity contribution in [1.82, 2.24) is 24.7 Å². The standard InChI is InChI=1S/C18H17N5/c1-12(2)17-16-15(8-9-19-18(16)22-21-17)23-10-14(20-11-23)13-6-4-3-5-7-13/h3-12H,1-2H3,(H,19,21,22). The SMILES string of the molecule is CC(C)c1[nH]nc2nccc(-n3cnc(-c4ccccc4)c3)c12. The van der Waals surface area contributed by atoms with Gasteiger partial charge < -0.3 is 4.57 Å². The highest BCUT2D eigenvalue weighted by Crippen LogP contribution is 2.28. The predicted molar refractivity (Wildman–Crippen MR) is 90.5 cm³/mol. The zero-order valence-electron chi connectivity index (χ0n) is 13.1. The Labute approximate surface area is 134 Å². The molecule has 3 aromatic heterocycles. The average Bonchev–Trinajstić information content (AvgIpc) is 3.22. The fourth-order valence-corrected chi connectivity index (χ4v) is 2.80. The van der Waals surface area contributed by atoms with Crippen molar-refractivity contribution in [2.24, 2.45) is 0 Å². The monoisotopic (exact) mass is 303 g/mol. The van der Waals surface area contributed by atoms with E-state index in [0.29, 0.717) is 5.92 Å². The first kappa shape index (κ1) is 13.7. The van der Waals surface area contributed by atoms with E-state index in [4.69, 9.17) is 0 Å². The fraction of sp³-hybridized carbons (Fsp3) is 0.167. The van der Waals surface area contributed by atoms with E-state index in [1.54, 1.807) is 6.20 Å². The van der Waals surface area contributed by atoms with E-state index in [9.17, 15) is 0 Å². The molecular formula is C18H17N5. The molecule has 0 radical (unpaired) electrons. The number of fused-ring (bicyclic) bond motifs is 1. The van der Waals surface area contributed by atoms with Crippen molar-refractivity contribution >= 4 is 11.0 Å². The van der Waals surface area contributed by atoms with Crippen LogP contribution in [0.1, 0.15) is 25.5 Å². The highest BCUT2D eigenvalue weighted by atomic mass is 15.2. The van der Waals surface area contributed by atoms with Crippen LogP contribution in [0.15, 0.2) is 55.1 Å². The molecule has 1 N–H and O–H groups in total. The molecule has 0 aliphatic rings. The Morgan fingerprint density at radius 2 is 1.87 bits per heavy atom. The average molecular weight is 303 g/mol. The summed E-state index contributed by atoms with van der Waals surface area (Å²) >= 11 is 0. The maximum Gasteiger partial charge on any atom is 0.183 e. The van der Waals surface area contributed by atoms with Crippen LogP contribution < -0.4 is 0 Å². The molecule has 4 aromatic rings. The van der Waals surface area contributed by atoms with Gasteiger partial charge in [0, 0.05) is 23.7 Å². The van der Waals surface area contributed by atoms with Gasteiger partial charge >= 0.3 is 0 Å². The van der Waals surface area contributed by atoms with E-state index in [0.717, 1.165) is 33.7 Å². The lowest BCUT2D eigenvalue weighted by molar-refractivity contribution is 0.816. The van der Waals surface area contributed by atoms with Crippen LogP contribution in [0.2, 0.25) is 0 Å². The second-order valence-electron chi connectivity index (χ2n) is 5.85. The number of aromatic nitrogens is 5. The molecule has 0 spiro atoms. The Hall–Kier alpha value is -2.95. The number of aromatic amines is 1. The summed E-state index contributed by atoms with van der Waals surface area (Å²) in [5, 5.41) is 8.49. The fourth-order valence-electron chi connectivity index (χ4n) is 2.80. The summed E-state index contributed by atoms with van der Waals surface area (Å²) in [6.07, 6.45) is 5.67. The summed E-state index contributed by atoms with van der Waals surface area (Å²) in [5.74, 6) is 0.347. The molecule has 0 atom stereocenters. The van der Waals surface area contributed by atoms with E-state index < -0.39 is 0 Å². The smallest absolute Gasteiger partial charge is 0.183 e. The van der Waals surface area contributed by atoms with Gasteiger partial charge in [0.25, 0.3) is 0 Å². The normalized spacial score (nSPS) is 11.4. The first-order valence-electron chi connectivity index (χ1n) is 7.67. The van der Waals surface area contributed by atoms with Gasteiger partial charge in [-0.05, 0) is 12.0 Å². The van der Waals surface area contributed by atoms with E-state index in [1.807, 2.05) is 41.4 Å². The van der Waals surface area contributed by atoms with E-state index in [2.05, 4.69) is 46.1 Å². The van der Waals surface area contributed by atoms with Crippen LogP contribution in [0.25, 0.3) is 28.0 Å². The van der Waals surface area contributed by atoms with Crippen molar-refractivity contribution < 1.29 is 0 Å². The molecule has 0 amide bonds. The van der Waals surface area contributed by atoms with E-state index in [-0.39, 0.29) is 0 Å². The summed E-state index contributed by atoms with van der Waals surface area (Å²) in [7, 11) is 0. The molecule has 3 heterocycles. The Morgan fingerprint density at radius 1 is 1.04 bits per heavy atom. The summed E-state index contributed by atoms with van der Waals surface area (Å²) < 4.78 is 2.04. The molecule has 0 unspecified atom stereocenters. The maximum atomic E-state index is 4.54. The minimum atomic E-state index is 0.347. The highest BCUT2D eigenvalue weighted by Gasteiger charge is 2.15. The van der Waals surface area contributed by atoms with Crippen molar-refractivity contribution in [3.8, 4) is 16.9 Å². The van der Waals surface area contributed by atoms with Crippen molar-refractivity contribution in [1.29, 1.82) is 0 Å². The van der Waals surface area contributed by atoms with Gasteiger partial charge in [-0.25, -0.2) is 9.97 Å². The summed E-state index contributed by atoms with van der Waals surface area (Å²) in [5.41, 5.74) is 4.93. The lowest BCUT2D eigenvalue weighted by atomic mass is 10.1. The minimum Gasteiger partial charge on any atom is -0.305 e. The van der Waals surface area contributed by atoms with Crippen molar-refractivity contribution in [3.63, 3.8) is 0 Å². The summed E-state index contributed by atoms with van der Waals surface area (Å²) in [6.45, 7) is 4.29. The lowest BCUT2D eigenvalue weighted by Crippen LogP contribution is -1.95. The Morgan fingerprint density at radius 3 is 2.65 bits per heavy atom. The largest absolute Gasteiger partial charge is 0.305 e. The highest BCUT2D eigenvalue weighted by molar-refractivity contribution is 5.87. The number of rotatable bonds is 3. The van der Waals surface area contributed by atoms with Crippen molar-refractivity contribution in [2.75, 3.05) is 0 Å². The van der Waals surface area contributed by atoms with Gasteiger partial charge in [-0.2, -0.15) is 5.10 Å². The molecule has 114 valence electrons. The maximum absolute atomic E-state index is 4.54. The number of pyridine rings is 1. The molecule has 23 heavy (non-hydrogen) atoms. The van der Waals surface area contributed by atoms with Crippen LogP contribution in [0.4, 0.5) is 0 Å². The van der Waals surface area contributed by atoms with E-state index in [1.165, 1.54) is 0 Å². The number of hydrogen-bond donors (Lipinski definition) is 1. The zero-order valence-corrected chi connectivity index (χ0v) is 13.1. The molecule has 0 saturated carbocycles. The molecule has 5 nitrogen and oxygen atoms in total. The Bertz CT molecular complexity index is 950. The molecule has 0 saturated heterocycles. The number of imidazole rings is 1. The topological polar surface area (TPSA) is 59.4 Å².